The lowest BCUT2D eigenvalue weighted by molar-refractivity contribution is 0.733. The molecule has 0 saturated heterocycles. The largest absolute Gasteiger partial charge is 0.329 e. The van der Waals surface area contributed by atoms with Crippen LogP contribution in [0.1, 0.15) is 11.6 Å². The molecule has 0 aliphatic carbocycles. The third-order valence-electron chi connectivity index (χ3n) is 1.56. The van der Waals surface area contributed by atoms with Crippen LogP contribution in [0, 0.1) is 0 Å². The monoisotopic (exact) mass is 214 g/mol. The van der Waals surface area contributed by atoms with Crippen molar-refractivity contribution in [1.82, 2.24) is 0 Å². The molecule has 0 aliphatic rings. The Morgan fingerprint density at radius 2 is 2.00 bits per heavy atom. The van der Waals surface area contributed by atoms with Gasteiger partial charge >= 0.3 is 0 Å². The molecule has 2 nitrogen and oxygen atoms in total. The highest BCUT2D eigenvalue weighted by molar-refractivity contribution is 9.10. The van der Waals surface area contributed by atoms with E-state index in [1.807, 2.05) is 24.3 Å². The van der Waals surface area contributed by atoms with E-state index in [4.69, 9.17) is 11.5 Å². The summed E-state index contributed by atoms with van der Waals surface area (Å²) >= 11 is 3.40. The zero-order chi connectivity index (χ0) is 8.27. The van der Waals surface area contributed by atoms with Crippen molar-refractivity contribution < 1.29 is 0 Å². The predicted molar refractivity (Wildman–Crippen MR) is 50.1 cm³/mol. The normalized spacial score (nSPS) is 13.0. The average Bonchev–Trinajstić information content (AvgIpc) is 2.04. The first kappa shape index (κ1) is 8.71. The Hall–Kier alpha value is -0.380. The van der Waals surface area contributed by atoms with Gasteiger partial charge in [-0.05, 0) is 11.6 Å². The highest BCUT2D eigenvalue weighted by Crippen LogP contribution is 2.20. The lowest BCUT2D eigenvalue weighted by atomic mass is 10.1. The van der Waals surface area contributed by atoms with E-state index < -0.39 is 0 Å². The number of hydrogen-bond donors (Lipinski definition) is 2. The highest BCUT2D eigenvalue weighted by Gasteiger charge is 2.05. The van der Waals surface area contributed by atoms with E-state index in [1.165, 1.54) is 0 Å². The molecule has 60 valence electrons. The molecule has 1 aromatic carbocycles. The molecule has 3 heteroatoms. The number of benzene rings is 1. The van der Waals surface area contributed by atoms with E-state index >= 15 is 0 Å². The van der Waals surface area contributed by atoms with Crippen LogP contribution < -0.4 is 11.5 Å². The fourth-order valence-electron chi connectivity index (χ4n) is 0.903. The summed E-state index contributed by atoms with van der Waals surface area (Å²) in [6, 6.07) is 7.78. The Balaban J connectivity index is 2.93. The van der Waals surface area contributed by atoms with Crippen LogP contribution in [0.4, 0.5) is 0 Å². The van der Waals surface area contributed by atoms with E-state index in [0.717, 1.165) is 10.0 Å². The van der Waals surface area contributed by atoms with Gasteiger partial charge in [-0.3, -0.25) is 0 Å². The summed E-state index contributed by atoms with van der Waals surface area (Å²) < 4.78 is 1.03. The SMILES string of the molecule is NCC(N)c1ccccc1Br. The van der Waals surface area contributed by atoms with E-state index in [-0.39, 0.29) is 6.04 Å². The van der Waals surface area contributed by atoms with Gasteiger partial charge in [0.2, 0.25) is 0 Å². The van der Waals surface area contributed by atoms with Gasteiger partial charge in [0.1, 0.15) is 0 Å². The fourth-order valence-corrected chi connectivity index (χ4v) is 1.48. The molecule has 1 rings (SSSR count). The fraction of sp³-hybridized carbons (Fsp3) is 0.250. The van der Waals surface area contributed by atoms with Crippen molar-refractivity contribution in [3.05, 3.63) is 34.3 Å². The van der Waals surface area contributed by atoms with Crippen molar-refractivity contribution in [3.8, 4) is 0 Å². The van der Waals surface area contributed by atoms with Gasteiger partial charge in [-0.25, -0.2) is 0 Å². The molecule has 11 heavy (non-hydrogen) atoms. The first-order valence-electron chi connectivity index (χ1n) is 3.45. The molecule has 0 aliphatic heterocycles. The Morgan fingerprint density at radius 1 is 1.36 bits per heavy atom. The zero-order valence-corrected chi connectivity index (χ0v) is 7.71. The summed E-state index contributed by atoms with van der Waals surface area (Å²) in [6.45, 7) is 0.475. The second-order valence-electron chi connectivity index (χ2n) is 2.36. The first-order valence-corrected chi connectivity index (χ1v) is 4.25. The Bertz CT molecular complexity index is 237. The van der Waals surface area contributed by atoms with Crippen LogP contribution in [-0.2, 0) is 0 Å². The maximum atomic E-state index is 5.74. The third-order valence-corrected chi connectivity index (χ3v) is 2.28. The topological polar surface area (TPSA) is 52.0 Å². The number of nitrogens with two attached hydrogens (primary N) is 2. The van der Waals surface area contributed by atoms with E-state index in [9.17, 15) is 0 Å². The number of rotatable bonds is 2. The van der Waals surface area contributed by atoms with E-state index in [2.05, 4.69) is 15.9 Å². The molecule has 1 atom stereocenters. The second kappa shape index (κ2) is 3.85. The van der Waals surface area contributed by atoms with Gasteiger partial charge in [0.05, 0.1) is 0 Å². The van der Waals surface area contributed by atoms with Crippen molar-refractivity contribution in [1.29, 1.82) is 0 Å². The first-order chi connectivity index (χ1) is 5.25. The van der Waals surface area contributed by atoms with Crippen molar-refractivity contribution in [2.24, 2.45) is 11.5 Å². The van der Waals surface area contributed by atoms with Crippen molar-refractivity contribution in [3.63, 3.8) is 0 Å². The molecule has 0 amide bonds. The summed E-state index contributed by atoms with van der Waals surface area (Å²) in [5.74, 6) is 0. The summed E-state index contributed by atoms with van der Waals surface area (Å²) in [5.41, 5.74) is 12.2. The number of halogens is 1. The maximum absolute atomic E-state index is 5.74. The molecule has 0 saturated carbocycles. The Kier molecular flexibility index (Phi) is 3.05. The van der Waals surface area contributed by atoms with Crippen LogP contribution in [0.15, 0.2) is 28.7 Å². The van der Waals surface area contributed by atoms with Gasteiger partial charge in [-0.1, -0.05) is 34.1 Å². The minimum Gasteiger partial charge on any atom is -0.329 e. The van der Waals surface area contributed by atoms with Gasteiger partial charge in [-0.15, -0.1) is 0 Å². The molecule has 0 fully saturated rings. The summed E-state index contributed by atoms with van der Waals surface area (Å²) in [5, 5.41) is 0. The van der Waals surface area contributed by atoms with Crippen molar-refractivity contribution in [2.45, 2.75) is 6.04 Å². The molecule has 1 unspecified atom stereocenters. The van der Waals surface area contributed by atoms with E-state index in [0.29, 0.717) is 6.54 Å². The highest BCUT2D eigenvalue weighted by atomic mass is 79.9. The standard InChI is InChI=1S/C8H11BrN2/c9-7-4-2-1-3-6(7)8(11)5-10/h1-4,8H,5,10-11H2. The van der Waals surface area contributed by atoms with Gasteiger partial charge in [0, 0.05) is 17.1 Å². The minimum atomic E-state index is -0.0643. The molecule has 0 aromatic heterocycles. The smallest absolute Gasteiger partial charge is 0.0430 e. The summed E-state index contributed by atoms with van der Waals surface area (Å²) in [6.07, 6.45) is 0. The minimum absolute atomic E-state index is 0.0643. The van der Waals surface area contributed by atoms with Crippen LogP contribution >= 0.6 is 15.9 Å². The number of hydrogen-bond acceptors (Lipinski definition) is 2. The molecule has 0 bridgehead atoms. The zero-order valence-electron chi connectivity index (χ0n) is 6.13. The molecule has 1 aromatic rings. The van der Waals surface area contributed by atoms with Crippen molar-refractivity contribution >= 4 is 15.9 Å². The lowest BCUT2D eigenvalue weighted by Crippen LogP contribution is -2.20. The Labute approximate surface area is 74.7 Å². The quantitative estimate of drug-likeness (QED) is 0.783. The van der Waals surface area contributed by atoms with Crippen LogP contribution in [0.3, 0.4) is 0 Å². The molecular formula is C8H11BrN2. The van der Waals surface area contributed by atoms with Gasteiger partial charge in [-0.2, -0.15) is 0 Å². The molecule has 0 heterocycles. The van der Waals surface area contributed by atoms with Crippen LogP contribution in [0.5, 0.6) is 0 Å². The second-order valence-corrected chi connectivity index (χ2v) is 3.22. The average molecular weight is 215 g/mol. The van der Waals surface area contributed by atoms with Gasteiger partial charge < -0.3 is 11.5 Å². The van der Waals surface area contributed by atoms with Gasteiger partial charge in [0.15, 0.2) is 0 Å². The summed E-state index contributed by atoms with van der Waals surface area (Å²) in [7, 11) is 0. The van der Waals surface area contributed by atoms with E-state index in [1.54, 1.807) is 0 Å². The predicted octanol–water partition coefficient (Wildman–Crippen LogP) is 1.41. The molecule has 0 spiro atoms. The summed E-state index contributed by atoms with van der Waals surface area (Å²) in [4.78, 5) is 0. The van der Waals surface area contributed by atoms with Crippen LogP contribution in [0.2, 0.25) is 0 Å². The lowest BCUT2D eigenvalue weighted by Gasteiger charge is -2.10. The van der Waals surface area contributed by atoms with Crippen LogP contribution in [0.25, 0.3) is 0 Å². The molecule has 0 radical (unpaired) electrons. The van der Waals surface area contributed by atoms with Gasteiger partial charge in [0.25, 0.3) is 0 Å². The molecule has 4 N–H and O–H groups in total. The Morgan fingerprint density at radius 3 is 2.55 bits per heavy atom. The maximum Gasteiger partial charge on any atom is 0.0430 e. The van der Waals surface area contributed by atoms with Crippen LogP contribution in [-0.4, -0.2) is 6.54 Å². The van der Waals surface area contributed by atoms with Crippen molar-refractivity contribution in [2.75, 3.05) is 6.54 Å². The molecular weight excluding hydrogens is 204 g/mol. The third kappa shape index (κ3) is 2.02.